The lowest BCUT2D eigenvalue weighted by Gasteiger charge is -2.22. The Morgan fingerprint density at radius 3 is 2.59 bits per heavy atom. The van der Waals surface area contributed by atoms with Crippen molar-refractivity contribution in [3.63, 3.8) is 0 Å². The van der Waals surface area contributed by atoms with E-state index in [4.69, 9.17) is 10.8 Å². The molecule has 0 saturated heterocycles. The Bertz CT molecular complexity index is 384. The minimum Gasteiger partial charge on any atom is -0.397 e. The average molecular weight is 246 g/mol. The Labute approximate surface area is 98.1 Å². The van der Waals surface area contributed by atoms with Gasteiger partial charge in [-0.25, -0.2) is 8.78 Å². The lowest BCUT2D eigenvalue weighted by Crippen LogP contribution is -2.37. The summed E-state index contributed by atoms with van der Waals surface area (Å²) >= 11 is 0. The molecule has 0 aliphatic heterocycles. The van der Waals surface area contributed by atoms with Crippen LogP contribution < -0.4 is 11.1 Å². The molecule has 1 unspecified atom stereocenters. The van der Waals surface area contributed by atoms with Crippen molar-refractivity contribution in [2.45, 2.75) is 19.0 Å². The fraction of sp³-hybridized carbons (Fsp3) is 0.455. The first-order valence-corrected chi connectivity index (χ1v) is 5.10. The van der Waals surface area contributed by atoms with E-state index < -0.39 is 18.6 Å². The third kappa shape index (κ3) is 3.83. The summed E-state index contributed by atoms with van der Waals surface area (Å²) in [6, 6.07) is 3.86. The third-order valence-electron chi connectivity index (χ3n) is 2.33. The van der Waals surface area contributed by atoms with Crippen molar-refractivity contribution in [1.29, 1.82) is 0 Å². The highest BCUT2D eigenvalue weighted by atomic mass is 19.3. The number of nitrogens with one attached hydrogen (secondary N) is 1. The van der Waals surface area contributed by atoms with Crippen molar-refractivity contribution in [1.82, 2.24) is 0 Å². The number of halogens is 2. The summed E-state index contributed by atoms with van der Waals surface area (Å²) in [7, 11) is 0. The first-order valence-electron chi connectivity index (χ1n) is 5.10. The molecular formula is C11H16F2N2O2. The topological polar surface area (TPSA) is 78.5 Å². The molecule has 0 heterocycles. The van der Waals surface area contributed by atoms with E-state index in [1.807, 2.05) is 0 Å². The Kier molecular flexibility index (Phi) is 4.25. The van der Waals surface area contributed by atoms with Crippen LogP contribution in [0.5, 0.6) is 0 Å². The maximum atomic E-state index is 12.4. The molecule has 0 aliphatic carbocycles. The molecule has 1 atom stereocenters. The number of aliphatic hydroxyl groups excluding tert-OH is 1. The van der Waals surface area contributed by atoms with E-state index in [1.54, 1.807) is 0 Å². The summed E-state index contributed by atoms with van der Waals surface area (Å²) in [5.41, 5.74) is 4.78. The van der Waals surface area contributed by atoms with Gasteiger partial charge >= 0.3 is 0 Å². The van der Waals surface area contributed by atoms with Gasteiger partial charge in [0.1, 0.15) is 5.60 Å². The number of hydrogen-bond acceptors (Lipinski definition) is 4. The van der Waals surface area contributed by atoms with Crippen molar-refractivity contribution in [3.05, 3.63) is 23.8 Å². The molecule has 0 aliphatic rings. The van der Waals surface area contributed by atoms with Gasteiger partial charge in [0, 0.05) is 12.1 Å². The second-order valence-electron chi connectivity index (χ2n) is 4.16. The van der Waals surface area contributed by atoms with Gasteiger partial charge in [-0.1, -0.05) is 6.07 Å². The molecule has 0 aromatic heterocycles. The van der Waals surface area contributed by atoms with Gasteiger partial charge in [0.05, 0.1) is 18.0 Å². The zero-order valence-electron chi connectivity index (χ0n) is 9.45. The maximum absolute atomic E-state index is 12.4. The van der Waals surface area contributed by atoms with Crippen LogP contribution in [0.3, 0.4) is 0 Å². The molecule has 0 amide bonds. The average Bonchev–Trinajstić information content (AvgIpc) is 2.27. The van der Waals surface area contributed by atoms with Crippen LogP contribution in [0.2, 0.25) is 0 Å². The van der Waals surface area contributed by atoms with Crippen LogP contribution in [-0.4, -0.2) is 29.0 Å². The number of nitrogen functional groups attached to an aromatic ring is 1. The largest absolute Gasteiger partial charge is 0.397 e. The zero-order chi connectivity index (χ0) is 13.1. The van der Waals surface area contributed by atoms with E-state index in [1.165, 1.54) is 25.1 Å². The second kappa shape index (κ2) is 5.29. The molecule has 5 N–H and O–H groups in total. The summed E-state index contributed by atoms with van der Waals surface area (Å²) in [4.78, 5) is 0. The molecule has 17 heavy (non-hydrogen) atoms. The number of hydrogen-bond donors (Lipinski definition) is 4. The van der Waals surface area contributed by atoms with Crippen molar-refractivity contribution >= 4 is 11.4 Å². The molecule has 4 nitrogen and oxygen atoms in total. The van der Waals surface area contributed by atoms with Crippen LogP contribution >= 0.6 is 0 Å². The number of rotatable bonds is 5. The van der Waals surface area contributed by atoms with Gasteiger partial charge in [-0.05, 0) is 19.1 Å². The van der Waals surface area contributed by atoms with E-state index in [0.717, 1.165) is 0 Å². The van der Waals surface area contributed by atoms with E-state index in [9.17, 15) is 13.9 Å². The van der Waals surface area contributed by atoms with E-state index in [0.29, 0.717) is 5.69 Å². The summed E-state index contributed by atoms with van der Waals surface area (Å²) in [5.74, 6) is 0. The molecule has 1 aromatic rings. The highest BCUT2D eigenvalue weighted by Crippen LogP contribution is 2.26. The molecule has 1 aromatic carbocycles. The predicted molar refractivity (Wildman–Crippen MR) is 62.0 cm³/mol. The number of aliphatic hydroxyl groups is 2. The third-order valence-corrected chi connectivity index (χ3v) is 2.33. The predicted octanol–water partition coefficient (Wildman–Crippen LogP) is 1.36. The molecule has 96 valence electrons. The van der Waals surface area contributed by atoms with Crippen LogP contribution in [0.25, 0.3) is 0 Å². The highest BCUT2D eigenvalue weighted by Gasteiger charge is 2.19. The lowest BCUT2D eigenvalue weighted by atomic mass is 10.1. The lowest BCUT2D eigenvalue weighted by molar-refractivity contribution is 0.0132. The normalized spacial score (nSPS) is 14.7. The van der Waals surface area contributed by atoms with Crippen molar-refractivity contribution in [2.24, 2.45) is 0 Å². The number of benzene rings is 1. The van der Waals surface area contributed by atoms with Crippen LogP contribution in [-0.2, 0) is 0 Å². The van der Waals surface area contributed by atoms with Crippen LogP contribution in [0.15, 0.2) is 18.2 Å². The Morgan fingerprint density at radius 2 is 2.12 bits per heavy atom. The Balaban J connectivity index is 2.73. The smallest absolute Gasteiger partial charge is 0.263 e. The molecule has 1 rings (SSSR count). The van der Waals surface area contributed by atoms with Crippen LogP contribution in [0, 0.1) is 0 Å². The van der Waals surface area contributed by atoms with Gasteiger partial charge in [0.25, 0.3) is 6.43 Å². The molecule has 6 heteroatoms. The minimum absolute atomic E-state index is 0.0712. The number of nitrogens with two attached hydrogens (primary N) is 1. The van der Waals surface area contributed by atoms with Gasteiger partial charge in [-0.3, -0.25) is 0 Å². The van der Waals surface area contributed by atoms with E-state index in [-0.39, 0.29) is 17.8 Å². The highest BCUT2D eigenvalue weighted by molar-refractivity contribution is 5.67. The monoisotopic (exact) mass is 246 g/mol. The standard InChI is InChI=1S/C11H16F2N2O2/c1-11(17,6-16)5-15-9-3-2-7(10(12)13)4-8(9)14/h2-4,10,15-17H,5-6,14H2,1H3. The molecule has 0 fully saturated rings. The Hall–Kier alpha value is -1.40. The molecule has 0 bridgehead atoms. The van der Waals surface area contributed by atoms with Gasteiger partial charge < -0.3 is 21.3 Å². The second-order valence-corrected chi connectivity index (χ2v) is 4.16. The van der Waals surface area contributed by atoms with Crippen molar-refractivity contribution < 1.29 is 19.0 Å². The fourth-order valence-electron chi connectivity index (χ4n) is 1.22. The van der Waals surface area contributed by atoms with Crippen molar-refractivity contribution in [3.8, 4) is 0 Å². The van der Waals surface area contributed by atoms with Gasteiger partial charge in [0.15, 0.2) is 0 Å². The summed E-state index contributed by atoms with van der Waals surface area (Å²) in [6.07, 6.45) is -2.56. The SMILES string of the molecule is CC(O)(CO)CNc1ccc(C(F)F)cc1N. The number of anilines is 2. The molecule has 0 spiro atoms. The van der Waals surface area contributed by atoms with Gasteiger partial charge in [0.2, 0.25) is 0 Å². The first kappa shape index (κ1) is 13.7. The summed E-state index contributed by atoms with van der Waals surface area (Å²) in [6.45, 7) is 1.11. The van der Waals surface area contributed by atoms with E-state index in [2.05, 4.69) is 5.32 Å². The van der Waals surface area contributed by atoms with Crippen LogP contribution in [0.1, 0.15) is 18.9 Å². The first-order chi connectivity index (χ1) is 7.85. The van der Waals surface area contributed by atoms with Crippen LogP contribution in [0.4, 0.5) is 20.2 Å². The molecule has 0 radical (unpaired) electrons. The zero-order valence-corrected chi connectivity index (χ0v) is 9.45. The Morgan fingerprint density at radius 1 is 1.47 bits per heavy atom. The molecular weight excluding hydrogens is 230 g/mol. The summed E-state index contributed by atoms with van der Waals surface area (Å²) < 4.78 is 24.7. The summed E-state index contributed by atoms with van der Waals surface area (Å²) in [5, 5.41) is 21.2. The quantitative estimate of drug-likeness (QED) is 0.591. The van der Waals surface area contributed by atoms with E-state index >= 15 is 0 Å². The van der Waals surface area contributed by atoms with Crippen molar-refractivity contribution in [2.75, 3.05) is 24.2 Å². The maximum Gasteiger partial charge on any atom is 0.263 e. The fourth-order valence-corrected chi connectivity index (χ4v) is 1.22. The number of alkyl halides is 2. The van der Waals surface area contributed by atoms with Gasteiger partial charge in [-0.2, -0.15) is 0 Å². The minimum atomic E-state index is -2.56. The van der Waals surface area contributed by atoms with Gasteiger partial charge in [-0.15, -0.1) is 0 Å². The molecule has 0 saturated carbocycles.